The first kappa shape index (κ1) is 22.5. The van der Waals surface area contributed by atoms with Crippen LogP contribution in [0.2, 0.25) is 0 Å². The number of Topliss-reactive ketones (excluding diaryl/α,β-unsaturated/α-hetero) is 1. The van der Waals surface area contributed by atoms with Gasteiger partial charge in [0.2, 0.25) is 0 Å². The van der Waals surface area contributed by atoms with Gasteiger partial charge in [0.05, 0.1) is 18.7 Å². The number of pyridine rings is 1. The standard InChI is InChI=1S/C24H29N3O4/c1-5-26(6-2)13-14-27-21(17-9-11-25-12-10-17)20(23(29)24(27)30)22(28)18-7-8-19(31-4)16(3)15-18/h7-12,15,21,28H,5-6,13-14H2,1-4H3/b22-20+/t21-/m1/s1. The Morgan fingerprint density at radius 2 is 1.84 bits per heavy atom. The summed E-state index contributed by atoms with van der Waals surface area (Å²) in [6, 6.07) is 8.05. The first-order valence-corrected chi connectivity index (χ1v) is 10.5. The number of hydrogen-bond donors (Lipinski definition) is 1. The van der Waals surface area contributed by atoms with Gasteiger partial charge in [0.15, 0.2) is 0 Å². The Morgan fingerprint density at radius 1 is 1.16 bits per heavy atom. The molecule has 1 aliphatic heterocycles. The van der Waals surface area contributed by atoms with Crippen LogP contribution < -0.4 is 4.74 Å². The van der Waals surface area contributed by atoms with Crippen molar-refractivity contribution in [2.45, 2.75) is 26.8 Å². The molecular formula is C24H29N3O4. The molecule has 1 N–H and O–H groups in total. The molecule has 0 bridgehead atoms. The van der Waals surface area contributed by atoms with Crippen molar-refractivity contribution >= 4 is 17.4 Å². The highest BCUT2D eigenvalue weighted by Crippen LogP contribution is 2.39. The van der Waals surface area contributed by atoms with Gasteiger partial charge in [-0.25, -0.2) is 0 Å². The average molecular weight is 424 g/mol. The number of aromatic nitrogens is 1. The molecule has 0 radical (unpaired) electrons. The average Bonchev–Trinajstić information content (AvgIpc) is 3.04. The number of ether oxygens (including phenoxy) is 1. The molecule has 0 unspecified atom stereocenters. The second-order valence-corrected chi connectivity index (χ2v) is 7.48. The number of ketones is 1. The Hall–Kier alpha value is -3.19. The van der Waals surface area contributed by atoms with Crippen molar-refractivity contribution in [3.05, 3.63) is 65.0 Å². The fourth-order valence-electron chi connectivity index (χ4n) is 3.97. The molecule has 164 valence electrons. The summed E-state index contributed by atoms with van der Waals surface area (Å²) in [5.74, 6) is -0.772. The molecule has 1 aromatic heterocycles. The van der Waals surface area contributed by atoms with E-state index in [0.717, 1.165) is 24.2 Å². The van der Waals surface area contributed by atoms with E-state index in [1.54, 1.807) is 54.7 Å². The van der Waals surface area contributed by atoms with E-state index in [1.165, 1.54) is 0 Å². The molecule has 0 aliphatic carbocycles. The van der Waals surface area contributed by atoms with Gasteiger partial charge in [0.1, 0.15) is 11.5 Å². The van der Waals surface area contributed by atoms with Crippen LogP contribution in [0.5, 0.6) is 5.75 Å². The second-order valence-electron chi connectivity index (χ2n) is 7.48. The Morgan fingerprint density at radius 3 is 2.42 bits per heavy atom. The lowest BCUT2D eigenvalue weighted by Gasteiger charge is -2.28. The maximum atomic E-state index is 13.0. The number of rotatable bonds is 8. The summed E-state index contributed by atoms with van der Waals surface area (Å²) in [7, 11) is 1.58. The van der Waals surface area contributed by atoms with Crippen molar-refractivity contribution in [3.8, 4) is 5.75 Å². The minimum Gasteiger partial charge on any atom is -0.507 e. The lowest BCUT2D eigenvalue weighted by Crippen LogP contribution is -2.38. The predicted octanol–water partition coefficient (Wildman–Crippen LogP) is 3.16. The molecular weight excluding hydrogens is 394 g/mol. The number of aliphatic hydroxyl groups is 1. The van der Waals surface area contributed by atoms with Gasteiger partial charge in [0, 0.05) is 31.0 Å². The fourth-order valence-corrected chi connectivity index (χ4v) is 3.97. The molecule has 31 heavy (non-hydrogen) atoms. The maximum Gasteiger partial charge on any atom is 0.295 e. The van der Waals surface area contributed by atoms with Crippen LogP contribution in [0.4, 0.5) is 0 Å². The van der Waals surface area contributed by atoms with E-state index in [4.69, 9.17) is 4.74 Å². The molecule has 1 atom stereocenters. The summed E-state index contributed by atoms with van der Waals surface area (Å²) in [6.07, 6.45) is 3.24. The summed E-state index contributed by atoms with van der Waals surface area (Å²) in [4.78, 5) is 33.8. The Balaban J connectivity index is 2.08. The van der Waals surface area contributed by atoms with Crippen LogP contribution in [-0.4, -0.2) is 64.9 Å². The predicted molar refractivity (Wildman–Crippen MR) is 119 cm³/mol. The third-order valence-electron chi connectivity index (χ3n) is 5.78. The number of likely N-dealkylation sites (tertiary alicyclic amines) is 1. The van der Waals surface area contributed by atoms with E-state index in [1.807, 2.05) is 6.92 Å². The van der Waals surface area contributed by atoms with Crippen molar-refractivity contribution in [3.63, 3.8) is 0 Å². The number of carbonyl (C=O) groups excluding carboxylic acids is 2. The largest absolute Gasteiger partial charge is 0.507 e. The lowest BCUT2D eigenvalue weighted by molar-refractivity contribution is -0.140. The maximum absolute atomic E-state index is 13.0. The first-order chi connectivity index (χ1) is 14.9. The van der Waals surface area contributed by atoms with Crippen molar-refractivity contribution in [1.82, 2.24) is 14.8 Å². The van der Waals surface area contributed by atoms with Gasteiger partial charge in [-0.1, -0.05) is 13.8 Å². The zero-order chi connectivity index (χ0) is 22.5. The van der Waals surface area contributed by atoms with E-state index < -0.39 is 17.7 Å². The number of nitrogens with zero attached hydrogens (tertiary/aromatic N) is 3. The Kier molecular flexibility index (Phi) is 7.07. The topological polar surface area (TPSA) is 83.0 Å². The van der Waals surface area contributed by atoms with Gasteiger partial charge >= 0.3 is 0 Å². The van der Waals surface area contributed by atoms with Gasteiger partial charge in [-0.2, -0.15) is 0 Å². The van der Waals surface area contributed by atoms with Crippen LogP contribution >= 0.6 is 0 Å². The first-order valence-electron chi connectivity index (χ1n) is 10.5. The van der Waals surface area contributed by atoms with E-state index in [9.17, 15) is 14.7 Å². The zero-order valence-corrected chi connectivity index (χ0v) is 18.5. The molecule has 7 heteroatoms. The van der Waals surface area contributed by atoms with Crippen molar-refractivity contribution in [2.24, 2.45) is 0 Å². The Labute approximate surface area is 183 Å². The van der Waals surface area contributed by atoms with E-state index >= 15 is 0 Å². The number of aryl methyl sites for hydroxylation is 1. The van der Waals surface area contributed by atoms with Crippen LogP contribution in [0.3, 0.4) is 0 Å². The minimum atomic E-state index is -0.674. The zero-order valence-electron chi connectivity index (χ0n) is 18.5. The van der Waals surface area contributed by atoms with Crippen molar-refractivity contribution in [1.29, 1.82) is 0 Å². The molecule has 1 amide bonds. The molecule has 0 saturated carbocycles. The molecule has 2 aromatic rings. The summed E-state index contributed by atoms with van der Waals surface area (Å²) in [6.45, 7) is 8.71. The van der Waals surface area contributed by atoms with Crippen LogP contribution in [0.15, 0.2) is 48.3 Å². The van der Waals surface area contributed by atoms with Crippen LogP contribution in [-0.2, 0) is 9.59 Å². The third-order valence-corrected chi connectivity index (χ3v) is 5.78. The molecule has 1 saturated heterocycles. The van der Waals surface area contributed by atoms with Crippen LogP contribution in [0.1, 0.15) is 36.6 Å². The molecule has 2 heterocycles. The number of methoxy groups -OCH3 is 1. The highest BCUT2D eigenvalue weighted by molar-refractivity contribution is 6.46. The summed E-state index contributed by atoms with van der Waals surface area (Å²) >= 11 is 0. The lowest BCUT2D eigenvalue weighted by atomic mass is 9.95. The molecule has 1 fully saturated rings. The minimum absolute atomic E-state index is 0.0975. The van der Waals surface area contributed by atoms with E-state index in [0.29, 0.717) is 24.4 Å². The highest BCUT2D eigenvalue weighted by atomic mass is 16.5. The number of aliphatic hydroxyl groups excluding tert-OH is 1. The molecule has 7 nitrogen and oxygen atoms in total. The number of hydrogen-bond acceptors (Lipinski definition) is 6. The molecule has 3 rings (SSSR count). The monoisotopic (exact) mass is 423 g/mol. The number of benzene rings is 1. The second kappa shape index (κ2) is 9.75. The highest BCUT2D eigenvalue weighted by Gasteiger charge is 2.45. The summed E-state index contributed by atoms with van der Waals surface area (Å²) < 4.78 is 5.29. The summed E-state index contributed by atoms with van der Waals surface area (Å²) in [5, 5.41) is 11.1. The SMILES string of the molecule is CCN(CC)CCN1C(=O)C(=O)/C(=C(/O)c2ccc(OC)c(C)c2)[C@H]1c1ccncc1. The van der Waals surface area contributed by atoms with Crippen LogP contribution in [0, 0.1) is 6.92 Å². The van der Waals surface area contributed by atoms with Gasteiger partial charge in [-0.3, -0.25) is 14.6 Å². The number of amides is 1. The third kappa shape index (κ3) is 4.46. The molecule has 0 spiro atoms. The van der Waals surface area contributed by atoms with Gasteiger partial charge in [-0.15, -0.1) is 0 Å². The number of carbonyl (C=O) groups is 2. The Bertz CT molecular complexity index is 984. The van der Waals surface area contributed by atoms with Crippen molar-refractivity contribution in [2.75, 3.05) is 33.3 Å². The van der Waals surface area contributed by atoms with E-state index in [-0.39, 0.29) is 11.3 Å². The summed E-state index contributed by atoms with van der Waals surface area (Å²) in [5.41, 5.74) is 2.13. The fraction of sp³-hybridized carbons (Fsp3) is 0.375. The van der Waals surface area contributed by atoms with E-state index in [2.05, 4.69) is 23.7 Å². The normalized spacial score (nSPS) is 18.1. The molecule has 1 aromatic carbocycles. The van der Waals surface area contributed by atoms with Gasteiger partial charge in [0.25, 0.3) is 11.7 Å². The van der Waals surface area contributed by atoms with Gasteiger partial charge < -0.3 is 19.6 Å². The number of likely N-dealkylation sites (N-methyl/N-ethyl adjacent to an activating group) is 1. The van der Waals surface area contributed by atoms with Crippen molar-refractivity contribution < 1.29 is 19.4 Å². The smallest absolute Gasteiger partial charge is 0.295 e. The molecule has 1 aliphatic rings. The quantitative estimate of drug-likeness (QED) is 0.399. The van der Waals surface area contributed by atoms with Crippen LogP contribution in [0.25, 0.3) is 5.76 Å². The van der Waals surface area contributed by atoms with Gasteiger partial charge in [-0.05, 0) is 61.5 Å².